The molecule has 0 radical (unpaired) electrons. The number of carbonyl (C=O) groups is 1. The number of anilines is 1. The average Bonchev–Trinajstić information content (AvgIpc) is 3.11. The van der Waals surface area contributed by atoms with Crippen molar-refractivity contribution in [2.24, 2.45) is 0 Å². The molecular formula is C18H16Cl2N4O3. The van der Waals surface area contributed by atoms with Crippen LogP contribution in [0.25, 0.3) is 0 Å². The van der Waals surface area contributed by atoms with Crippen LogP contribution in [0, 0.1) is 0 Å². The van der Waals surface area contributed by atoms with Gasteiger partial charge in [-0.15, -0.1) is 5.10 Å². The molecule has 0 aliphatic rings. The number of methoxy groups -OCH3 is 2. The molecule has 0 saturated carbocycles. The Morgan fingerprint density at radius 3 is 2.33 bits per heavy atom. The number of amides is 1. The molecule has 1 aromatic heterocycles. The Morgan fingerprint density at radius 2 is 1.74 bits per heavy atom. The quantitative estimate of drug-likeness (QED) is 0.671. The number of nitrogens with one attached hydrogen (secondary N) is 1. The zero-order valence-corrected chi connectivity index (χ0v) is 16.1. The molecule has 0 saturated heterocycles. The molecule has 0 fully saturated rings. The summed E-state index contributed by atoms with van der Waals surface area (Å²) < 4.78 is 11.9. The van der Waals surface area contributed by atoms with Crippen molar-refractivity contribution < 1.29 is 14.3 Å². The molecule has 0 atom stereocenters. The molecule has 2 aromatic carbocycles. The van der Waals surface area contributed by atoms with Crippen LogP contribution in [0.5, 0.6) is 11.5 Å². The minimum Gasteiger partial charge on any atom is -0.497 e. The standard InChI is InChI=1S/C18H16Cl2N4O3/c1-26-12-6-11(7-13(8-12)27-2)17(25)22-18-21-10-24(23-18)9-14-15(19)4-3-5-16(14)20/h3-8,10H,9H2,1-2H3,(H,22,23,25). The van der Waals surface area contributed by atoms with E-state index in [1.807, 2.05) is 0 Å². The maximum atomic E-state index is 12.5. The lowest BCUT2D eigenvalue weighted by Gasteiger charge is -2.08. The minimum absolute atomic E-state index is 0.157. The van der Waals surface area contributed by atoms with E-state index in [4.69, 9.17) is 32.7 Å². The molecule has 0 aliphatic carbocycles. The first kappa shape index (κ1) is 19.0. The molecule has 7 nitrogen and oxygen atoms in total. The van der Waals surface area contributed by atoms with Gasteiger partial charge in [0.2, 0.25) is 5.95 Å². The first-order valence-corrected chi connectivity index (χ1v) is 8.62. The number of nitrogens with zero attached hydrogens (tertiary/aromatic N) is 3. The van der Waals surface area contributed by atoms with E-state index in [-0.39, 0.29) is 11.9 Å². The zero-order chi connectivity index (χ0) is 19.4. The van der Waals surface area contributed by atoms with Gasteiger partial charge in [-0.25, -0.2) is 9.67 Å². The van der Waals surface area contributed by atoms with Crippen LogP contribution in [0.3, 0.4) is 0 Å². The Kier molecular flexibility index (Phi) is 5.83. The molecule has 1 amide bonds. The minimum atomic E-state index is -0.388. The van der Waals surface area contributed by atoms with Crippen LogP contribution in [0.2, 0.25) is 10.0 Å². The fraction of sp³-hybridized carbons (Fsp3) is 0.167. The zero-order valence-electron chi connectivity index (χ0n) is 14.6. The van der Waals surface area contributed by atoms with Crippen molar-refractivity contribution in [1.82, 2.24) is 14.8 Å². The normalized spacial score (nSPS) is 10.5. The molecule has 3 aromatic rings. The molecule has 140 valence electrons. The number of aromatic nitrogens is 3. The number of rotatable bonds is 6. The van der Waals surface area contributed by atoms with Crippen LogP contribution >= 0.6 is 23.2 Å². The van der Waals surface area contributed by atoms with Crippen LogP contribution in [0.1, 0.15) is 15.9 Å². The average molecular weight is 407 g/mol. The van der Waals surface area contributed by atoms with E-state index < -0.39 is 0 Å². The van der Waals surface area contributed by atoms with Gasteiger partial charge in [0.25, 0.3) is 5.91 Å². The van der Waals surface area contributed by atoms with Gasteiger partial charge in [0.05, 0.1) is 20.8 Å². The summed E-state index contributed by atoms with van der Waals surface area (Å²) in [5, 5.41) is 7.94. The maximum absolute atomic E-state index is 12.5. The van der Waals surface area contributed by atoms with Crippen molar-refractivity contribution in [2.45, 2.75) is 6.54 Å². The summed E-state index contributed by atoms with van der Waals surface area (Å²) in [5.74, 6) is 0.781. The summed E-state index contributed by atoms with van der Waals surface area (Å²) in [5.41, 5.74) is 1.08. The van der Waals surface area contributed by atoms with Gasteiger partial charge in [0.1, 0.15) is 17.8 Å². The largest absolute Gasteiger partial charge is 0.497 e. The summed E-state index contributed by atoms with van der Waals surface area (Å²) in [6, 6.07) is 10.1. The SMILES string of the molecule is COc1cc(OC)cc(C(=O)Nc2ncn(Cc3c(Cl)cccc3Cl)n2)c1. The molecule has 1 N–H and O–H groups in total. The number of hydrogen-bond donors (Lipinski definition) is 1. The molecule has 9 heteroatoms. The fourth-order valence-electron chi connectivity index (χ4n) is 2.39. The van der Waals surface area contributed by atoms with Crippen molar-refractivity contribution in [2.75, 3.05) is 19.5 Å². The second-order valence-corrected chi connectivity index (χ2v) is 6.34. The fourth-order valence-corrected chi connectivity index (χ4v) is 2.90. The molecule has 0 spiro atoms. The monoisotopic (exact) mass is 406 g/mol. The van der Waals surface area contributed by atoms with E-state index in [0.29, 0.717) is 33.7 Å². The second kappa shape index (κ2) is 8.28. The predicted octanol–water partition coefficient (Wildman–Crippen LogP) is 3.90. The third-order valence-corrected chi connectivity index (χ3v) is 4.47. The van der Waals surface area contributed by atoms with Crippen LogP contribution in [-0.2, 0) is 6.54 Å². The molecule has 3 rings (SSSR count). The lowest BCUT2D eigenvalue weighted by Crippen LogP contribution is -2.14. The van der Waals surface area contributed by atoms with Crippen LogP contribution < -0.4 is 14.8 Å². The van der Waals surface area contributed by atoms with Crippen molar-refractivity contribution in [3.05, 3.63) is 63.9 Å². The highest BCUT2D eigenvalue weighted by Gasteiger charge is 2.13. The van der Waals surface area contributed by atoms with Crippen molar-refractivity contribution in [1.29, 1.82) is 0 Å². The Labute approximate surface area is 165 Å². The number of hydrogen-bond acceptors (Lipinski definition) is 5. The molecule has 1 heterocycles. The van der Waals surface area contributed by atoms with E-state index in [1.54, 1.807) is 36.4 Å². The van der Waals surface area contributed by atoms with Crippen molar-refractivity contribution in [3.63, 3.8) is 0 Å². The van der Waals surface area contributed by atoms with Crippen molar-refractivity contribution >= 4 is 35.1 Å². The number of ether oxygens (including phenoxy) is 2. The van der Waals surface area contributed by atoms with Crippen LogP contribution in [-0.4, -0.2) is 34.9 Å². The summed E-state index contributed by atoms with van der Waals surface area (Å²) in [4.78, 5) is 16.6. The summed E-state index contributed by atoms with van der Waals surface area (Å²) >= 11 is 12.3. The van der Waals surface area contributed by atoms with Crippen LogP contribution in [0.4, 0.5) is 5.95 Å². The molecule has 27 heavy (non-hydrogen) atoms. The topological polar surface area (TPSA) is 78.3 Å². The van der Waals surface area contributed by atoms with E-state index in [2.05, 4.69) is 15.4 Å². The van der Waals surface area contributed by atoms with E-state index in [0.717, 1.165) is 5.56 Å². The highest BCUT2D eigenvalue weighted by atomic mass is 35.5. The van der Waals surface area contributed by atoms with E-state index in [1.165, 1.54) is 25.2 Å². The lowest BCUT2D eigenvalue weighted by molar-refractivity contribution is 0.102. The second-order valence-electron chi connectivity index (χ2n) is 5.52. The van der Waals surface area contributed by atoms with E-state index >= 15 is 0 Å². The van der Waals surface area contributed by atoms with Gasteiger partial charge in [-0.2, -0.15) is 0 Å². The Hall–Kier alpha value is -2.77. The van der Waals surface area contributed by atoms with Gasteiger partial charge in [-0.05, 0) is 24.3 Å². The first-order chi connectivity index (χ1) is 13.0. The van der Waals surface area contributed by atoms with Gasteiger partial charge >= 0.3 is 0 Å². The van der Waals surface area contributed by atoms with Crippen LogP contribution in [0.15, 0.2) is 42.7 Å². The number of halogens is 2. The van der Waals surface area contributed by atoms with Gasteiger partial charge in [0, 0.05) is 27.2 Å². The third kappa shape index (κ3) is 4.50. The van der Waals surface area contributed by atoms with Gasteiger partial charge < -0.3 is 9.47 Å². The highest BCUT2D eigenvalue weighted by molar-refractivity contribution is 6.35. The van der Waals surface area contributed by atoms with Crippen molar-refractivity contribution in [3.8, 4) is 11.5 Å². The first-order valence-electron chi connectivity index (χ1n) is 7.87. The predicted molar refractivity (Wildman–Crippen MR) is 103 cm³/mol. The number of benzene rings is 2. The Morgan fingerprint density at radius 1 is 1.11 bits per heavy atom. The summed E-state index contributed by atoms with van der Waals surface area (Å²) in [6.07, 6.45) is 1.49. The highest BCUT2D eigenvalue weighted by Crippen LogP contribution is 2.25. The summed E-state index contributed by atoms with van der Waals surface area (Å²) in [7, 11) is 3.03. The van der Waals surface area contributed by atoms with Gasteiger partial charge in [0.15, 0.2) is 0 Å². The molecule has 0 unspecified atom stereocenters. The van der Waals surface area contributed by atoms with Gasteiger partial charge in [-0.1, -0.05) is 29.3 Å². The Balaban J connectivity index is 1.75. The Bertz CT molecular complexity index is 932. The lowest BCUT2D eigenvalue weighted by atomic mass is 10.2. The molecule has 0 aliphatic heterocycles. The van der Waals surface area contributed by atoms with E-state index in [9.17, 15) is 4.79 Å². The number of carbonyl (C=O) groups excluding carboxylic acids is 1. The maximum Gasteiger partial charge on any atom is 0.258 e. The van der Waals surface area contributed by atoms with Gasteiger partial charge in [-0.3, -0.25) is 10.1 Å². The summed E-state index contributed by atoms with van der Waals surface area (Å²) in [6.45, 7) is 0.328. The smallest absolute Gasteiger partial charge is 0.258 e. The molecular weight excluding hydrogens is 391 g/mol. The molecule has 0 bridgehead atoms. The third-order valence-electron chi connectivity index (χ3n) is 3.76.